The van der Waals surface area contributed by atoms with Gasteiger partial charge in [-0.05, 0) is 37.5 Å². The molecule has 1 unspecified atom stereocenters. The van der Waals surface area contributed by atoms with E-state index in [0.29, 0.717) is 0 Å². The largest absolute Gasteiger partial charge is 0.487 e. The quantitative estimate of drug-likeness (QED) is 0.879. The number of unbranched alkanes of at least 4 members (excludes halogenated alkanes) is 1. The molecule has 1 aliphatic heterocycles. The Hall–Kier alpha value is -1.09. The summed E-state index contributed by atoms with van der Waals surface area (Å²) >= 11 is 0. The van der Waals surface area contributed by atoms with Gasteiger partial charge in [0.05, 0.1) is 0 Å². The third-order valence-corrected chi connectivity index (χ3v) is 3.92. The molecule has 3 heteroatoms. The van der Waals surface area contributed by atoms with E-state index in [1.165, 1.54) is 12.1 Å². The van der Waals surface area contributed by atoms with E-state index in [0.717, 1.165) is 43.4 Å². The van der Waals surface area contributed by atoms with Crippen LogP contribution < -0.4 is 10.5 Å². The van der Waals surface area contributed by atoms with E-state index in [9.17, 15) is 4.39 Å². The number of benzene rings is 1. The highest BCUT2D eigenvalue weighted by Gasteiger charge is 2.37. The summed E-state index contributed by atoms with van der Waals surface area (Å²) in [5.74, 6) is 0.512. The van der Waals surface area contributed by atoms with Crippen LogP contribution in [0.2, 0.25) is 0 Å². The van der Waals surface area contributed by atoms with Crippen molar-refractivity contribution in [1.82, 2.24) is 0 Å². The lowest BCUT2D eigenvalue weighted by Gasteiger charge is -2.41. The van der Waals surface area contributed by atoms with E-state index < -0.39 is 0 Å². The lowest BCUT2D eigenvalue weighted by atomic mass is 9.82. The van der Waals surface area contributed by atoms with Gasteiger partial charge >= 0.3 is 0 Å². The summed E-state index contributed by atoms with van der Waals surface area (Å²) in [6, 6.07) is 4.53. The molecule has 1 aromatic carbocycles. The average Bonchev–Trinajstić information content (AvgIpc) is 2.37. The van der Waals surface area contributed by atoms with E-state index in [1.54, 1.807) is 6.07 Å². The Morgan fingerprint density at radius 2 is 2.22 bits per heavy atom. The summed E-state index contributed by atoms with van der Waals surface area (Å²) in [5, 5.41) is 0. The molecule has 2 N–H and O–H groups in total. The van der Waals surface area contributed by atoms with Crippen LogP contribution >= 0.6 is 0 Å². The lowest BCUT2D eigenvalue weighted by molar-refractivity contribution is 0.0215. The zero-order valence-corrected chi connectivity index (χ0v) is 11.2. The van der Waals surface area contributed by atoms with Crippen LogP contribution in [0.25, 0.3) is 0 Å². The molecule has 2 atom stereocenters. The summed E-state index contributed by atoms with van der Waals surface area (Å²) in [6.45, 7) is 4.31. The number of rotatable bonds is 4. The minimum atomic E-state index is -0.245. The van der Waals surface area contributed by atoms with Gasteiger partial charge in [-0.2, -0.15) is 0 Å². The van der Waals surface area contributed by atoms with Crippen LogP contribution in [0.5, 0.6) is 5.75 Å². The molecule has 0 saturated heterocycles. The maximum atomic E-state index is 13.2. The van der Waals surface area contributed by atoms with E-state index in [4.69, 9.17) is 10.5 Å². The lowest BCUT2D eigenvalue weighted by Crippen LogP contribution is -2.42. The Morgan fingerprint density at radius 3 is 2.89 bits per heavy atom. The third kappa shape index (κ3) is 2.51. The van der Waals surface area contributed by atoms with E-state index >= 15 is 0 Å². The second kappa shape index (κ2) is 5.27. The molecule has 2 rings (SSSR count). The Kier molecular flexibility index (Phi) is 3.91. The molecule has 2 nitrogen and oxygen atoms in total. The summed E-state index contributed by atoms with van der Waals surface area (Å²) in [4.78, 5) is 0. The Balaban J connectivity index is 2.27. The molecule has 0 bridgehead atoms. The van der Waals surface area contributed by atoms with Gasteiger partial charge in [-0.15, -0.1) is 0 Å². The first-order valence-corrected chi connectivity index (χ1v) is 6.84. The van der Waals surface area contributed by atoms with Crippen LogP contribution in [0.15, 0.2) is 18.2 Å². The number of halogens is 1. The number of ether oxygens (including phenoxy) is 1. The van der Waals surface area contributed by atoms with Gasteiger partial charge in [0.2, 0.25) is 0 Å². The molecular weight excluding hydrogens is 229 g/mol. The predicted octanol–water partition coefficient (Wildman–Crippen LogP) is 3.95. The Labute approximate surface area is 108 Å². The molecule has 0 spiro atoms. The zero-order chi connectivity index (χ0) is 13.2. The summed E-state index contributed by atoms with van der Waals surface area (Å²) < 4.78 is 19.4. The molecule has 0 radical (unpaired) electrons. The summed E-state index contributed by atoms with van der Waals surface area (Å²) in [6.07, 6.45) is 5.02. The van der Waals surface area contributed by atoms with Gasteiger partial charge in [-0.1, -0.05) is 20.3 Å². The highest BCUT2D eigenvalue weighted by atomic mass is 19.1. The van der Waals surface area contributed by atoms with Crippen molar-refractivity contribution in [2.24, 2.45) is 5.73 Å². The highest BCUT2D eigenvalue weighted by molar-refractivity contribution is 5.39. The first-order chi connectivity index (χ1) is 8.60. The smallest absolute Gasteiger partial charge is 0.125 e. The topological polar surface area (TPSA) is 35.2 Å². The van der Waals surface area contributed by atoms with Crippen LogP contribution in [0, 0.1) is 5.82 Å². The monoisotopic (exact) mass is 251 g/mol. The second-order valence-corrected chi connectivity index (χ2v) is 5.23. The molecular formula is C15H22FNO. The summed E-state index contributed by atoms with van der Waals surface area (Å²) in [5.41, 5.74) is 6.83. The van der Waals surface area contributed by atoms with Crippen LogP contribution in [-0.4, -0.2) is 5.60 Å². The standard InChI is InChI=1S/C15H22FNO/c1-3-5-8-15(4-2)10-13(17)12-9-11(16)6-7-14(12)18-15/h6-7,9,13H,3-5,8,10,17H2,1-2H3/t13-,15?/m1/s1. The molecule has 0 fully saturated rings. The maximum absolute atomic E-state index is 13.2. The number of hydrogen-bond donors (Lipinski definition) is 1. The SMILES string of the molecule is CCCCC1(CC)C[C@@H](N)c2cc(F)ccc2O1. The molecule has 1 aliphatic rings. The van der Waals surface area contributed by atoms with Crippen LogP contribution in [0.3, 0.4) is 0 Å². The van der Waals surface area contributed by atoms with E-state index in [1.807, 2.05) is 0 Å². The van der Waals surface area contributed by atoms with Crippen molar-refractivity contribution in [3.63, 3.8) is 0 Å². The molecule has 18 heavy (non-hydrogen) atoms. The van der Waals surface area contributed by atoms with Crippen molar-refractivity contribution in [3.05, 3.63) is 29.6 Å². The average molecular weight is 251 g/mol. The van der Waals surface area contributed by atoms with Gasteiger partial charge < -0.3 is 10.5 Å². The van der Waals surface area contributed by atoms with Crippen LogP contribution in [0.1, 0.15) is 57.6 Å². The van der Waals surface area contributed by atoms with Crippen LogP contribution in [-0.2, 0) is 0 Å². The van der Waals surface area contributed by atoms with Crippen molar-refractivity contribution < 1.29 is 9.13 Å². The van der Waals surface area contributed by atoms with Crippen molar-refractivity contribution in [3.8, 4) is 5.75 Å². The fourth-order valence-corrected chi connectivity index (χ4v) is 2.73. The molecule has 0 amide bonds. The summed E-state index contributed by atoms with van der Waals surface area (Å²) in [7, 11) is 0. The Bertz CT molecular complexity index is 421. The minimum Gasteiger partial charge on any atom is -0.487 e. The van der Waals surface area contributed by atoms with Gasteiger partial charge in [0, 0.05) is 18.0 Å². The first-order valence-electron chi connectivity index (χ1n) is 6.84. The molecule has 0 saturated carbocycles. The van der Waals surface area contributed by atoms with Gasteiger partial charge in [0.25, 0.3) is 0 Å². The normalized spacial score (nSPS) is 26.6. The van der Waals surface area contributed by atoms with Crippen molar-refractivity contribution in [2.75, 3.05) is 0 Å². The fraction of sp³-hybridized carbons (Fsp3) is 0.600. The minimum absolute atomic E-state index is 0.124. The number of fused-ring (bicyclic) bond motifs is 1. The van der Waals surface area contributed by atoms with Crippen molar-refractivity contribution in [2.45, 2.75) is 57.6 Å². The van der Waals surface area contributed by atoms with Crippen molar-refractivity contribution >= 4 is 0 Å². The van der Waals surface area contributed by atoms with E-state index in [2.05, 4.69) is 13.8 Å². The molecule has 0 aliphatic carbocycles. The second-order valence-electron chi connectivity index (χ2n) is 5.23. The van der Waals surface area contributed by atoms with Crippen molar-refractivity contribution in [1.29, 1.82) is 0 Å². The Morgan fingerprint density at radius 1 is 1.44 bits per heavy atom. The number of nitrogens with two attached hydrogens (primary N) is 1. The predicted molar refractivity (Wildman–Crippen MR) is 71.1 cm³/mol. The fourth-order valence-electron chi connectivity index (χ4n) is 2.73. The molecule has 1 aromatic rings. The van der Waals surface area contributed by atoms with Gasteiger partial charge in [0.15, 0.2) is 0 Å². The maximum Gasteiger partial charge on any atom is 0.125 e. The van der Waals surface area contributed by atoms with Gasteiger partial charge in [0.1, 0.15) is 17.2 Å². The first kappa shape index (κ1) is 13.3. The highest BCUT2D eigenvalue weighted by Crippen LogP contribution is 2.42. The molecule has 1 heterocycles. The number of hydrogen-bond acceptors (Lipinski definition) is 2. The molecule has 100 valence electrons. The van der Waals surface area contributed by atoms with Gasteiger partial charge in [-0.25, -0.2) is 4.39 Å². The zero-order valence-electron chi connectivity index (χ0n) is 11.2. The van der Waals surface area contributed by atoms with Gasteiger partial charge in [-0.3, -0.25) is 0 Å². The molecule has 0 aromatic heterocycles. The van der Waals surface area contributed by atoms with Crippen LogP contribution in [0.4, 0.5) is 4.39 Å². The van der Waals surface area contributed by atoms with E-state index in [-0.39, 0.29) is 17.5 Å². The third-order valence-electron chi connectivity index (χ3n) is 3.92.